The number of hydrogen-bond donors (Lipinski definition) is 3. The van der Waals surface area contributed by atoms with Crippen LogP contribution in [0.3, 0.4) is 0 Å². The Morgan fingerprint density at radius 1 is 1.05 bits per heavy atom. The summed E-state index contributed by atoms with van der Waals surface area (Å²) in [5.74, 6) is 0.697. The maximum atomic E-state index is 11.2. The molecular formula is C11H20N2O6S2. The normalized spacial score (nSPS) is 10.1. The zero-order valence-electron chi connectivity index (χ0n) is 11.8. The van der Waals surface area contributed by atoms with Crippen molar-refractivity contribution in [1.29, 1.82) is 0 Å². The van der Waals surface area contributed by atoms with Crippen molar-refractivity contribution in [3.63, 3.8) is 0 Å². The lowest BCUT2D eigenvalue weighted by Crippen LogP contribution is -2.30. The summed E-state index contributed by atoms with van der Waals surface area (Å²) in [5.41, 5.74) is 0. The Balaban J connectivity index is 3.27. The standard InChI is InChI=1S/C11H20N2O6S2/c1-20-7-3-12-9(14)8-19-6-5-18-4-2-13-10(15)21-11(16)17/h2-8H2,1H3,(H,12,14)(H,13,15)(H,16,17). The number of amides is 2. The van der Waals surface area contributed by atoms with E-state index in [1.54, 1.807) is 11.8 Å². The molecule has 2 amide bonds. The van der Waals surface area contributed by atoms with E-state index in [2.05, 4.69) is 10.6 Å². The van der Waals surface area contributed by atoms with Gasteiger partial charge in [-0.1, -0.05) is 0 Å². The third-order valence-corrected chi connectivity index (χ3v) is 3.05. The van der Waals surface area contributed by atoms with Gasteiger partial charge in [-0.2, -0.15) is 11.8 Å². The fourth-order valence-electron chi connectivity index (χ4n) is 1.07. The molecule has 0 unspecified atom stereocenters. The first-order chi connectivity index (χ1) is 10.1. The molecule has 0 fully saturated rings. The summed E-state index contributed by atoms with van der Waals surface area (Å²) in [6, 6.07) is 0. The van der Waals surface area contributed by atoms with Gasteiger partial charge in [-0.05, 0) is 6.26 Å². The summed E-state index contributed by atoms with van der Waals surface area (Å²) in [6.07, 6.45) is 1.96. The summed E-state index contributed by atoms with van der Waals surface area (Å²) in [7, 11) is 0. The molecule has 10 heteroatoms. The molecule has 0 rings (SSSR count). The monoisotopic (exact) mass is 340 g/mol. The minimum Gasteiger partial charge on any atom is -0.473 e. The molecule has 0 bridgehead atoms. The van der Waals surface area contributed by atoms with E-state index in [-0.39, 0.29) is 44.0 Å². The minimum atomic E-state index is -1.25. The molecule has 0 aliphatic carbocycles. The van der Waals surface area contributed by atoms with Crippen molar-refractivity contribution in [2.24, 2.45) is 0 Å². The molecular weight excluding hydrogens is 320 g/mol. The van der Waals surface area contributed by atoms with Gasteiger partial charge in [0, 0.05) is 18.8 Å². The van der Waals surface area contributed by atoms with E-state index in [1.165, 1.54) is 0 Å². The molecule has 0 spiro atoms. The van der Waals surface area contributed by atoms with Crippen molar-refractivity contribution >= 4 is 40.0 Å². The molecule has 0 saturated carbocycles. The van der Waals surface area contributed by atoms with Gasteiger partial charge in [0.1, 0.15) is 6.61 Å². The Morgan fingerprint density at radius 2 is 1.76 bits per heavy atom. The highest BCUT2D eigenvalue weighted by Gasteiger charge is 2.07. The highest BCUT2D eigenvalue weighted by Crippen LogP contribution is 2.00. The van der Waals surface area contributed by atoms with E-state index >= 15 is 0 Å². The molecule has 0 aliphatic rings. The SMILES string of the molecule is CSCCNC(=O)COCCOCCNC(=O)SC(=O)O. The molecule has 0 aliphatic heterocycles. The molecule has 3 N–H and O–H groups in total. The van der Waals surface area contributed by atoms with E-state index in [0.717, 1.165) is 5.75 Å². The van der Waals surface area contributed by atoms with Crippen LogP contribution in [0.4, 0.5) is 9.59 Å². The molecule has 0 aromatic heterocycles. The smallest absolute Gasteiger partial charge is 0.374 e. The second-order valence-electron chi connectivity index (χ2n) is 3.59. The van der Waals surface area contributed by atoms with Crippen molar-refractivity contribution in [3.8, 4) is 0 Å². The lowest BCUT2D eigenvalue weighted by Gasteiger charge is -2.07. The van der Waals surface area contributed by atoms with Crippen LogP contribution in [0.1, 0.15) is 0 Å². The Bertz CT molecular complexity index is 330. The lowest BCUT2D eigenvalue weighted by molar-refractivity contribution is -0.126. The first-order valence-corrected chi connectivity index (χ1v) is 8.37. The van der Waals surface area contributed by atoms with Gasteiger partial charge in [-0.15, -0.1) is 0 Å². The van der Waals surface area contributed by atoms with Gasteiger partial charge in [0.2, 0.25) is 5.91 Å². The molecule has 0 radical (unpaired) electrons. The number of carbonyl (C=O) groups excluding carboxylic acids is 2. The fourth-order valence-corrected chi connectivity index (χ4v) is 1.71. The Kier molecular flexibility index (Phi) is 13.3. The number of carboxylic acid groups (broad SMARTS) is 1. The summed E-state index contributed by atoms with van der Waals surface area (Å²) < 4.78 is 10.2. The Labute approximate surface area is 131 Å². The fraction of sp³-hybridized carbons (Fsp3) is 0.727. The van der Waals surface area contributed by atoms with Crippen LogP contribution in [0.2, 0.25) is 0 Å². The number of rotatable bonds is 11. The van der Waals surface area contributed by atoms with E-state index in [0.29, 0.717) is 13.2 Å². The summed E-state index contributed by atoms with van der Waals surface area (Å²) >= 11 is 1.83. The van der Waals surface area contributed by atoms with Crippen LogP contribution in [0.25, 0.3) is 0 Å². The number of thioether (sulfide) groups is 2. The van der Waals surface area contributed by atoms with Crippen molar-refractivity contribution in [2.45, 2.75) is 0 Å². The average molecular weight is 340 g/mol. The maximum absolute atomic E-state index is 11.2. The quantitative estimate of drug-likeness (QED) is 0.469. The average Bonchev–Trinajstić information content (AvgIpc) is 2.41. The lowest BCUT2D eigenvalue weighted by atomic mass is 10.6. The van der Waals surface area contributed by atoms with Gasteiger partial charge in [-0.3, -0.25) is 9.59 Å². The Hall–Kier alpha value is -0.970. The highest BCUT2D eigenvalue weighted by atomic mass is 32.2. The van der Waals surface area contributed by atoms with Gasteiger partial charge in [0.25, 0.3) is 5.24 Å². The van der Waals surface area contributed by atoms with Crippen LogP contribution >= 0.6 is 23.5 Å². The van der Waals surface area contributed by atoms with Crippen LogP contribution in [-0.4, -0.2) is 73.1 Å². The number of hydrogen-bond acceptors (Lipinski definition) is 7. The van der Waals surface area contributed by atoms with Crippen molar-refractivity contribution in [3.05, 3.63) is 0 Å². The second-order valence-corrected chi connectivity index (χ2v) is 5.50. The number of ether oxygens (including phenoxy) is 2. The zero-order valence-corrected chi connectivity index (χ0v) is 13.4. The molecule has 0 aromatic rings. The van der Waals surface area contributed by atoms with E-state index in [4.69, 9.17) is 14.6 Å². The molecule has 0 saturated heterocycles. The van der Waals surface area contributed by atoms with Crippen LogP contribution in [0.15, 0.2) is 0 Å². The highest BCUT2D eigenvalue weighted by molar-refractivity contribution is 8.25. The molecule has 0 heterocycles. The predicted molar refractivity (Wildman–Crippen MR) is 82.0 cm³/mol. The van der Waals surface area contributed by atoms with Crippen LogP contribution in [0, 0.1) is 0 Å². The summed E-state index contributed by atoms with van der Waals surface area (Å²) in [6.45, 7) is 1.63. The second kappa shape index (κ2) is 14.0. The predicted octanol–water partition coefficient (Wildman–Crippen LogP) is 0.620. The third-order valence-electron chi connectivity index (χ3n) is 1.93. The zero-order chi connectivity index (χ0) is 15.9. The van der Waals surface area contributed by atoms with Crippen molar-refractivity contribution in [2.75, 3.05) is 51.5 Å². The number of nitrogens with one attached hydrogen (secondary N) is 2. The largest absolute Gasteiger partial charge is 0.473 e. The first kappa shape index (κ1) is 20.0. The molecule has 122 valence electrons. The van der Waals surface area contributed by atoms with Crippen LogP contribution < -0.4 is 10.6 Å². The molecule has 21 heavy (non-hydrogen) atoms. The van der Waals surface area contributed by atoms with Crippen LogP contribution in [-0.2, 0) is 14.3 Å². The summed E-state index contributed by atoms with van der Waals surface area (Å²) in [5, 5.41) is 11.5. The maximum Gasteiger partial charge on any atom is 0.374 e. The van der Waals surface area contributed by atoms with E-state index in [9.17, 15) is 14.4 Å². The minimum absolute atomic E-state index is 0.0102. The van der Waals surface area contributed by atoms with Gasteiger partial charge >= 0.3 is 5.30 Å². The molecule has 0 atom stereocenters. The van der Waals surface area contributed by atoms with Crippen molar-refractivity contribution in [1.82, 2.24) is 10.6 Å². The van der Waals surface area contributed by atoms with E-state index < -0.39 is 10.5 Å². The van der Waals surface area contributed by atoms with Gasteiger partial charge in [-0.25, -0.2) is 4.79 Å². The molecule has 8 nitrogen and oxygen atoms in total. The van der Waals surface area contributed by atoms with Gasteiger partial charge in [0.15, 0.2) is 0 Å². The van der Waals surface area contributed by atoms with Gasteiger partial charge < -0.3 is 25.2 Å². The number of carbonyl (C=O) groups is 3. The van der Waals surface area contributed by atoms with E-state index in [1.807, 2.05) is 6.26 Å². The summed E-state index contributed by atoms with van der Waals surface area (Å²) in [4.78, 5) is 32.3. The topological polar surface area (TPSA) is 114 Å². The first-order valence-electron chi connectivity index (χ1n) is 6.16. The third kappa shape index (κ3) is 15.2. The molecule has 0 aromatic carbocycles. The Morgan fingerprint density at radius 3 is 2.43 bits per heavy atom. The van der Waals surface area contributed by atoms with Crippen LogP contribution in [0.5, 0.6) is 0 Å². The van der Waals surface area contributed by atoms with Crippen molar-refractivity contribution < 1.29 is 29.0 Å². The van der Waals surface area contributed by atoms with Gasteiger partial charge in [0.05, 0.1) is 31.6 Å².